The Morgan fingerprint density at radius 2 is 1.87 bits per heavy atom. The quantitative estimate of drug-likeness (QED) is 0.767. The van der Waals surface area contributed by atoms with Crippen molar-refractivity contribution in [3.05, 3.63) is 47.8 Å². The van der Waals surface area contributed by atoms with Gasteiger partial charge in [0.2, 0.25) is 0 Å². The number of rotatable bonds is 3. The highest BCUT2D eigenvalue weighted by molar-refractivity contribution is 5.89. The molecule has 0 aliphatic carbocycles. The first-order chi connectivity index (χ1) is 14.0. The molecule has 1 unspecified atom stereocenters. The summed E-state index contributed by atoms with van der Waals surface area (Å²) in [5, 5.41) is 2.86. The molecule has 1 N–H and O–H groups in total. The number of ether oxygens (including phenoxy) is 1. The molecule has 1 aliphatic rings. The molecule has 2 heterocycles. The zero-order valence-electron chi connectivity index (χ0n) is 17.2. The Morgan fingerprint density at radius 3 is 2.50 bits per heavy atom. The molecule has 30 heavy (non-hydrogen) atoms. The molecule has 3 rings (SSSR count). The Kier molecular flexibility index (Phi) is 6.19. The van der Waals surface area contributed by atoms with Crippen LogP contribution in [0.1, 0.15) is 44.9 Å². The monoisotopic (exact) mass is 422 g/mol. The normalized spacial score (nSPS) is 17.5. The minimum atomic E-state index is -4.57. The van der Waals surface area contributed by atoms with E-state index in [9.17, 15) is 18.0 Å². The number of piperidine rings is 1. The van der Waals surface area contributed by atoms with Gasteiger partial charge in [-0.05, 0) is 42.0 Å². The van der Waals surface area contributed by atoms with Crippen molar-refractivity contribution < 1.29 is 22.7 Å². The first kappa shape index (κ1) is 21.9. The molecule has 0 bridgehead atoms. The Morgan fingerprint density at radius 1 is 1.17 bits per heavy atom. The van der Waals surface area contributed by atoms with Gasteiger partial charge in [-0.25, -0.2) is 9.78 Å². The molecular formula is C21H25F3N4O2. The van der Waals surface area contributed by atoms with Crippen molar-refractivity contribution in [3.8, 4) is 6.01 Å². The third-order valence-corrected chi connectivity index (χ3v) is 4.86. The van der Waals surface area contributed by atoms with Crippen LogP contribution in [0.5, 0.6) is 6.01 Å². The standard InChI is InChI=1S/C21H25F3N4O2/c1-20(2,3)14-6-8-15(9-7-14)26-19(29)28-12-4-5-16(13-28)30-18-25-11-10-17(27-18)21(22,23)24/h6-11,16H,4-5,12-13H2,1-3H3,(H,26,29). The lowest BCUT2D eigenvalue weighted by atomic mass is 9.87. The summed E-state index contributed by atoms with van der Waals surface area (Å²) in [5.74, 6) is 0. The van der Waals surface area contributed by atoms with Crippen molar-refractivity contribution in [2.45, 2.75) is 51.3 Å². The van der Waals surface area contributed by atoms with E-state index in [-0.39, 0.29) is 24.0 Å². The van der Waals surface area contributed by atoms with Crippen LogP contribution in [0.4, 0.5) is 23.7 Å². The Bertz CT molecular complexity index is 879. The molecule has 6 nitrogen and oxygen atoms in total. The van der Waals surface area contributed by atoms with Crippen molar-refractivity contribution in [1.29, 1.82) is 0 Å². The number of hydrogen-bond acceptors (Lipinski definition) is 4. The number of anilines is 1. The lowest BCUT2D eigenvalue weighted by Gasteiger charge is -2.32. The predicted molar refractivity (Wildman–Crippen MR) is 106 cm³/mol. The molecule has 9 heteroatoms. The second kappa shape index (κ2) is 8.49. The number of aromatic nitrogens is 2. The first-order valence-corrected chi connectivity index (χ1v) is 9.76. The van der Waals surface area contributed by atoms with Gasteiger partial charge in [-0.3, -0.25) is 0 Å². The van der Waals surface area contributed by atoms with Crippen LogP contribution in [0.2, 0.25) is 0 Å². The summed E-state index contributed by atoms with van der Waals surface area (Å²) < 4.78 is 43.9. The first-order valence-electron chi connectivity index (χ1n) is 9.76. The van der Waals surface area contributed by atoms with Gasteiger partial charge < -0.3 is 15.0 Å². The van der Waals surface area contributed by atoms with E-state index in [1.54, 1.807) is 4.90 Å². The summed E-state index contributed by atoms with van der Waals surface area (Å²) in [6.45, 7) is 7.12. The average molecular weight is 422 g/mol. The number of nitrogens with one attached hydrogen (secondary N) is 1. The lowest BCUT2D eigenvalue weighted by molar-refractivity contribution is -0.141. The Balaban J connectivity index is 1.60. The number of likely N-dealkylation sites (tertiary alicyclic amines) is 1. The van der Waals surface area contributed by atoms with Crippen LogP contribution in [-0.4, -0.2) is 40.1 Å². The fraction of sp³-hybridized carbons (Fsp3) is 0.476. The van der Waals surface area contributed by atoms with Crippen molar-refractivity contribution in [3.63, 3.8) is 0 Å². The predicted octanol–water partition coefficient (Wildman–Crippen LogP) is 4.87. The maximum absolute atomic E-state index is 12.8. The number of halogens is 3. The molecule has 0 saturated carbocycles. The number of carbonyl (C=O) groups excluding carboxylic acids is 1. The van der Waals surface area contributed by atoms with Gasteiger partial charge in [0, 0.05) is 18.4 Å². The third-order valence-electron chi connectivity index (χ3n) is 4.86. The number of hydrogen-bond donors (Lipinski definition) is 1. The fourth-order valence-electron chi connectivity index (χ4n) is 3.18. The maximum Gasteiger partial charge on any atom is 0.433 e. The van der Waals surface area contributed by atoms with Crippen molar-refractivity contribution >= 4 is 11.7 Å². The molecule has 2 amide bonds. The van der Waals surface area contributed by atoms with Crippen LogP contribution in [0.3, 0.4) is 0 Å². The van der Waals surface area contributed by atoms with Gasteiger partial charge in [-0.15, -0.1) is 0 Å². The van der Waals surface area contributed by atoms with Gasteiger partial charge in [-0.1, -0.05) is 32.9 Å². The van der Waals surface area contributed by atoms with Crippen LogP contribution >= 0.6 is 0 Å². The molecule has 0 spiro atoms. The van der Waals surface area contributed by atoms with E-state index >= 15 is 0 Å². The number of urea groups is 1. The molecule has 1 aromatic heterocycles. The van der Waals surface area contributed by atoms with Crippen LogP contribution in [0, 0.1) is 0 Å². The largest absolute Gasteiger partial charge is 0.458 e. The molecule has 1 aromatic carbocycles. The van der Waals surface area contributed by atoms with Crippen LogP contribution in [-0.2, 0) is 11.6 Å². The van der Waals surface area contributed by atoms with Gasteiger partial charge in [0.15, 0.2) is 5.69 Å². The Labute approximate surface area is 173 Å². The summed E-state index contributed by atoms with van der Waals surface area (Å²) in [5.41, 5.74) is 0.799. The topological polar surface area (TPSA) is 67.4 Å². The SMILES string of the molecule is CC(C)(C)c1ccc(NC(=O)N2CCCC(Oc3nccc(C(F)(F)F)n3)C2)cc1. The molecule has 1 fully saturated rings. The molecule has 162 valence electrons. The highest BCUT2D eigenvalue weighted by atomic mass is 19.4. The minimum absolute atomic E-state index is 0.0193. The minimum Gasteiger partial charge on any atom is -0.458 e. The van der Waals surface area contributed by atoms with Gasteiger partial charge in [0.25, 0.3) is 0 Å². The van der Waals surface area contributed by atoms with Crippen molar-refractivity contribution in [2.75, 3.05) is 18.4 Å². The molecule has 1 saturated heterocycles. The highest BCUT2D eigenvalue weighted by Crippen LogP contribution is 2.28. The van der Waals surface area contributed by atoms with Crippen LogP contribution in [0.15, 0.2) is 36.5 Å². The van der Waals surface area contributed by atoms with Gasteiger partial charge in [0.1, 0.15) is 6.10 Å². The fourth-order valence-corrected chi connectivity index (χ4v) is 3.18. The van der Waals surface area contributed by atoms with E-state index in [4.69, 9.17) is 4.74 Å². The summed E-state index contributed by atoms with van der Waals surface area (Å²) >= 11 is 0. The van der Waals surface area contributed by atoms with E-state index in [1.807, 2.05) is 24.3 Å². The zero-order valence-corrected chi connectivity index (χ0v) is 17.2. The average Bonchev–Trinajstić information content (AvgIpc) is 2.67. The number of nitrogens with zero attached hydrogens (tertiary/aromatic N) is 3. The van der Waals surface area contributed by atoms with Crippen LogP contribution in [0.25, 0.3) is 0 Å². The molecule has 0 radical (unpaired) electrons. The van der Waals surface area contributed by atoms with E-state index in [2.05, 4.69) is 36.1 Å². The molecule has 1 aliphatic heterocycles. The number of amides is 2. The van der Waals surface area contributed by atoms with Gasteiger partial charge in [0.05, 0.1) is 6.54 Å². The number of benzene rings is 1. The van der Waals surface area contributed by atoms with E-state index < -0.39 is 18.0 Å². The molecule has 2 aromatic rings. The molecule has 1 atom stereocenters. The van der Waals surface area contributed by atoms with E-state index in [1.165, 1.54) is 0 Å². The summed E-state index contributed by atoms with van der Waals surface area (Å²) in [6.07, 6.45) is -2.76. The Hall–Kier alpha value is -2.84. The van der Waals surface area contributed by atoms with Crippen molar-refractivity contribution in [1.82, 2.24) is 14.9 Å². The third kappa shape index (κ3) is 5.61. The van der Waals surface area contributed by atoms with E-state index in [0.29, 0.717) is 25.1 Å². The number of carbonyl (C=O) groups is 1. The van der Waals surface area contributed by atoms with Gasteiger partial charge in [-0.2, -0.15) is 18.2 Å². The lowest BCUT2D eigenvalue weighted by Crippen LogP contribution is -2.46. The second-order valence-corrected chi connectivity index (χ2v) is 8.31. The highest BCUT2D eigenvalue weighted by Gasteiger charge is 2.33. The molecular weight excluding hydrogens is 397 g/mol. The van der Waals surface area contributed by atoms with Crippen LogP contribution < -0.4 is 10.1 Å². The second-order valence-electron chi connectivity index (χ2n) is 8.31. The summed E-state index contributed by atoms with van der Waals surface area (Å²) in [6, 6.07) is 7.83. The van der Waals surface area contributed by atoms with Gasteiger partial charge >= 0.3 is 18.2 Å². The summed E-state index contributed by atoms with van der Waals surface area (Å²) in [7, 11) is 0. The zero-order chi connectivity index (χ0) is 21.9. The number of alkyl halides is 3. The van der Waals surface area contributed by atoms with Crippen molar-refractivity contribution in [2.24, 2.45) is 0 Å². The summed E-state index contributed by atoms with van der Waals surface area (Å²) in [4.78, 5) is 21.4. The van der Waals surface area contributed by atoms with E-state index in [0.717, 1.165) is 17.8 Å². The smallest absolute Gasteiger partial charge is 0.433 e. The maximum atomic E-state index is 12.8.